The van der Waals surface area contributed by atoms with E-state index in [2.05, 4.69) is 15.9 Å². The van der Waals surface area contributed by atoms with Crippen molar-refractivity contribution in [3.05, 3.63) is 32.8 Å². The van der Waals surface area contributed by atoms with E-state index >= 15 is 0 Å². The van der Waals surface area contributed by atoms with Gasteiger partial charge in [-0.05, 0) is 62.9 Å². The Hall–Kier alpha value is -0.230. The molecule has 1 aromatic rings. The second-order valence-corrected chi connectivity index (χ2v) is 5.45. The predicted octanol–water partition coefficient (Wildman–Crippen LogP) is 4.06. The molecule has 1 aromatic carbocycles. The zero-order chi connectivity index (χ0) is 11.6. The molecule has 0 radical (unpaired) electrons. The molecule has 0 aliphatic heterocycles. The number of rotatable bonds is 2. The summed E-state index contributed by atoms with van der Waals surface area (Å²) in [5.41, 5.74) is -0.165. The first-order chi connectivity index (χ1) is 6.79. The van der Waals surface area contributed by atoms with Crippen LogP contribution < -0.4 is 4.74 Å². The highest BCUT2D eigenvalue weighted by atomic mass is 79.9. The number of halogens is 4. The lowest BCUT2D eigenvalue weighted by atomic mass is 10.3. The maximum absolute atomic E-state index is 10.6. The Labute approximate surface area is 108 Å². The maximum Gasteiger partial charge on any atom is 0.338 e. The van der Waals surface area contributed by atoms with Gasteiger partial charge in [-0.15, -0.1) is 0 Å². The van der Waals surface area contributed by atoms with Gasteiger partial charge >= 0.3 is 3.98 Å². The lowest BCUT2D eigenvalue weighted by molar-refractivity contribution is -0.385. The summed E-state index contributed by atoms with van der Waals surface area (Å²) in [5.74, 6) is 0.102. The molecule has 0 amide bonds. The van der Waals surface area contributed by atoms with Crippen molar-refractivity contribution in [1.82, 2.24) is 0 Å². The Kier molecular flexibility index (Phi) is 4.06. The zero-order valence-electron chi connectivity index (χ0n) is 6.92. The number of nitro groups is 1. The van der Waals surface area contributed by atoms with Gasteiger partial charge in [0, 0.05) is 0 Å². The first kappa shape index (κ1) is 12.8. The first-order valence-corrected chi connectivity index (χ1v) is 5.42. The summed E-state index contributed by atoms with van der Waals surface area (Å²) in [6.45, 7) is 0. The van der Waals surface area contributed by atoms with Crippen molar-refractivity contribution in [2.45, 2.75) is 3.98 Å². The molecule has 1 rings (SSSR count). The Balaban J connectivity index is 3.03. The third-order valence-corrected chi connectivity index (χ3v) is 2.25. The van der Waals surface area contributed by atoms with Crippen molar-refractivity contribution in [3.63, 3.8) is 0 Å². The molecule has 0 aliphatic carbocycles. The Bertz CT molecular complexity index is 394. The number of ether oxygens (including phenoxy) is 1. The quantitative estimate of drug-likeness (QED) is 0.465. The second kappa shape index (κ2) is 4.74. The number of alkyl halides is 3. The highest BCUT2D eigenvalue weighted by Crippen LogP contribution is 2.34. The van der Waals surface area contributed by atoms with Crippen LogP contribution in [0.1, 0.15) is 0 Å². The van der Waals surface area contributed by atoms with E-state index < -0.39 is 8.90 Å². The molecule has 0 fully saturated rings. The highest BCUT2D eigenvalue weighted by Gasteiger charge is 2.23. The number of benzene rings is 1. The van der Waals surface area contributed by atoms with Crippen LogP contribution in [-0.4, -0.2) is 8.90 Å². The zero-order valence-corrected chi connectivity index (χ0v) is 10.8. The SMILES string of the molecule is O=[N+]([O-])c1cc(OC(Cl)(Cl)Cl)ccc1Br. The monoisotopic (exact) mass is 333 g/mol. The lowest BCUT2D eigenvalue weighted by Crippen LogP contribution is -2.12. The minimum atomic E-state index is -1.94. The average molecular weight is 335 g/mol. The van der Waals surface area contributed by atoms with Gasteiger partial charge in [-0.2, -0.15) is 0 Å². The molecule has 0 N–H and O–H groups in total. The fourth-order valence-electron chi connectivity index (χ4n) is 0.830. The van der Waals surface area contributed by atoms with Crippen LogP contribution in [0.2, 0.25) is 0 Å². The van der Waals surface area contributed by atoms with Gasteiger partial charge in [-0.1, -0.05) is 0 Å². The lowest BCUT2D eigenvalue weighted by Gasteiger charge is -2.13. The molecular weight excluding hydrogens is 332 g/mol. The molecule has 0 aromatic heterocycles. The normalized spacial score (nSPS) is 11.2. The standard InChI is InChI=1S/C7H3BrCl3NO3/c8-5-2-1-4(15-7(9,10)11)3-6(5)12(13)14/h1-3H. The molecule has 0 heterocycles. The van der Waals surface area contributed by atoms with Crippen molar-refractivity contribution in [3.8, 4) is 5.75 Å². The van der Waals surface area contributed by atoms with Crippen molar-refractivity contribution in [1.29, 1.82) is 0 Å². The summed E-state index contributed by atoms with van der Waals surface area (Å²) in [5, 5.41) is 10.6. The van der Waals surface area contributed by atoms with E-state index in [-0.39, 0.29) is 11.4 Å². The minimum absolute atomic E-state index is 0.102. The fourth-order valence-corrected chi connectivity index (χ4v) is 1.49. The van der Waals surface area contributed by atoms with E-state index in [9.17, 15) is 10.1 Å². The Morgan fingerprint density at radius 2 is 2.00 bits per heavy atom. The van der Waals surface area contributed by atoms with Gasteiger partial charge < -0.3 is 4.74 Å². The van der Waals surface area contributed by atoms with Gasteiger partial charge in [-0.3, -0.25) is 10.1 Å². The van der Waals surface area contributed by atoms with Crippen LogP contribution in [0.5, 0.6) is 5.75 Å². The summed E-state index contributed by atoms with van der Waals surface area (Å²) in [6.07, 6.45) is 0. The van der Waals surface area contributed by atoms with Crippen LogP contribution in [0.4, 0.5) is 5.69 Å². The van der Waals surface area contributed by atoms with Crippen molar-refractivity contribution in [2.75, 3.05) is 0 Å². The van der Waals surface area contributed by atoms with Crippen molar-refractivity contribution < 1.29 is 9.66 Å². The summed E-state index contributed by atoms with van der Waals surface area (Å²) in [4.78, 5) is 9.99. The first-order valence-electron chi connectivity index (χ1n) is 3.49. The molecule has 0 saturated carbocycles. The highest BCUT2D eigenvalue weighted by molar-refractivity contribution is 9.10. The van der Waals surface area contributed by atoms with Gasteiger partial charge in [0.15, 0.2) is 0 Å². The van der Waals surface area contributed by atoms with Crippen LogP contribution in [0, 0.1) is 10.1 Å². The molecule has 0 unspecified atom stereocenters. The fraction of sp³-hybridized carbons (Fsp3) is 0.143. The number of hydrogen-bond acceptors (Lipinski definition) is 3. The van der Waals surface area contributed by atoms with Gasteiger partial charge in [0.05, 0.1) is 15.5 Å². The van der Waals surface area contributed by atoms with Crippen LogP contribution in [-0.2, 0) is 0 Å². The summed E-state index contributed by atoms with van der Waals surface area (Å²) in [6, 6.07) is 4.04. The molecular formula is C7H3BrCl3NO3. The smallest absolute Gasteiger partial charge is 0.338 e. The number of hydrogen-bond donors (Lipinski definition) is 0. The van der Waals surface area contributed by atoms with E-state index in [1.807, 2.05) is 0 Å². The molecule has 82 valence electrons. The third kappa shape index (κ3) is 4.03. The summed E-state index contributed by atoms with van der Waals surface area (Å²) in [7, 11) is 0. The molecule has 0 bridgehead atoms. The summed E-state index contributed by atoms with van der Waals surface area (Å²) < 4.78 is 3.20. The van der Waals surface area contributed by atoms with Crippen LogP contribution in [0.3, 0.4) is 0 Å². The van der Waals surface area contributed by atoms with Gasteiger partial charge in [-0.25, -0.2) is 0 Å². The van der Waals surface area contributed by atoms with E-state index in [1.165, 1.54) is 12.1 Å². The molecule has 15 heavy (non-hydrogen) atoms. The molecule has 0 aliphatic rings. The molecule has 4 nitrogen and oxygen atoms in total. The number of nitro benzene ring substituents is 1. The van der Waals surface area contributed by atoms with Gasteiger partial charge in [0.25, 0.3) is 5.69 Å². The summed E-state index contributed by atoms with van der Waals surface area (Å²) >= 11 is 19.1. The molecule has 0 atom stereocenters. The van der Waals surface area contributed by atoms with Gasteiger partial charge in [0.2, 0.25) is 0 Å². The second-order valence-electron chi connectivity index (χ2n) is 2.42. The number of nitrogens with zero attached hydrogens (tertiary/aromatic N) is 1. The van der Waals surface area contributed by atoms with Crippen LogP contribution in [0.15, 0.2) is 22.7 Å². The largest absolute Gasteiger partial charge is 0.445 e. The van der Waals surface area contributed by atoms with Crippen LogP contribution in [0.25, 0.3) is 0 Å². The predicted molar refractivity (Wildman–Crippen MR) is 61.7 cm³/mol. The topological polar surface area (TPSA) is 52.4 Å². The van der Waals surface area contributed by atoms with E-state index in [0.29, 0.717) is 4.47 Å². The Morgan fingerprint density at radius 3 is 2.47 bits per heavy atom. The minimum Gasteiger partial charge on any atom is -0.445 e. The molecule has 0 saturated heterocycles. The van der Waals surface area contributed by atoms with Gasteiger partial charge in [0.1, 0.15) is 5.75 Å². The Morgan fingerprint density at radius 1 is 1.40 bits per heavy atom. The average Bonchev–Trinajstić information content (AvgIpc) is 2.05. The van der Waals surface area contributed by atoms with E-state index in [0.717, 1.165) is 6.07 Å². The molecule has 0 spiro atoms. The third-order valence-electron chi connectivity index (χ3n) is 1.35. The van der Waals surface area contributed by atoms with Crippen LogP contribution >= 0.6 is 50.7 Å². The van der Waals surface area contributed by atoms with E-state index in [4.69, 9.17) is 39.5 Å². The molecule has 8 heteroatoms. The van der Waals surface area contributed by atoms with Crippen molar-refractivity contribution >= 4 is 56.4 Å². The maximum atomic E-state index is 10.6. The van der Waals surface area contributed by atoms with Crippen molar-refractivity contribution in [2.24, 2.45) is 0 Å². The van der Waals surface area contributed by atoms with E-state index in [1.54, 1.807) is 0 Å².